The number of nitrogens with one attached hydrogen (secondary N) is 1. The Morgan fingerprint density at radius 1 is 1.56 bits per heavy atom. The molecule has 4 heteroatoms. The first kappa shape index (κ1) is 13.8. The topological polar surface area (TPSA) is 21.3 Å². The molecule has 2 rings (SSSR count). The highest BCUT2D eigenvalue weighted by atomic mass is 35.5. The van der Waals surface area contributed by atoms with E-state index < -0.39 is 0 Å². The van der Waals surface area contributed by atoms with Crippen LogP contribution in [0.3, 0.4) is 0 Å². The second-order valence-corrected chi connectivity index (χ2v) is 5.27. The fourth-order valence-electron chi connectivity index (χ4n) is 2.67. The van der Waals surface area contributed by atoms with Crippen molar-refractivity contribution in [1.29, 1.82) is 0 Å². The maximum absolute atomic E-state index is 13.0. The minimum Gasteiger partial charge on any atom is -0.378 e. The van der Waals surface area contributed by atoms with Crippen LogP contribution >= 0.6 is 11.6 Å². The molecule has 3 atom stereocenters. The molecular weight excluding hydrogens is 253 g/mol. The van der Waals surface area contributed by atoms with E-state index >= 15 is 0 Å². The molecule has 3 unspecified atom stereocenters. The Morgan fingerprint density at radius 2 is 2.33 bits per heavy atom. The van der Waals surface area contributed by atoms with Gasteiger partial charge in [0.2, 0.25) is 0 Å². The van der Waals surface area contributed by atoms with Gasteiger partial charge in [0.1, 0.15) is 5.82 Å². The molecule has 1 aliphatic rings. The van der Waals surface area contributed by atoms with Gasteiger partial charge in [-0.25, -0.2) is 4.39 Å². The number of benzene rings is 1. The van der Waals surface area contributed by atoms with Crippen LogP contribution < -0.4 is 5.32 Å². The van der Waals surface area contributed by atoms with Crippen LogP contribution in [0.1, 0.15) is 18.9 Å². The van der Waals surface area contributed by atoms with Crippen molar-refractivity contribution in [1.82, 2.24) is 5.32 Å². The molecule has 18 heavy (non-hydrogen) atoms. The van der Waals surface area contributed by atoms with Gasteiger partial charge in [0.15, 0.2) is 0 Å². The van der Waals surface area contributed by atoms with Crippen molar-refractivity contribution in [2.45, 2.75) is 31.9 Å². The van der Waals surface area contributed by atoms with Crippen LogP contribution in [0.25, 0.3) is 0 Å². The van der Waals surface area contributed by atoms with Crippen LogP contribution in [0.15, 0.2) is 18.2 Å². The molecule has 0 aromatic heterocycles. The zero-order chi connectivity index (χ0) is 13.1. The summed E-state index contributed by atoms with van der Waals surface area (Å²) in [4.78, 5) is 0. The summed E-state index contributed by atoms with van der Waals surface area (Å²) >= 11 is 6.07. The van der Waals surface area contributed by atoms with E-state index in [2.05, 4.69) is 12.2 Å². The van der Waals surface area contributed by atoms with Crippen LogP contribution in [-0.2, 0) is 11.2 Å². The number of likely N-dealkylation sites (N-methyl/N-ethyl adjacent to an activating group) is 1. The summed E-state index contributed by atoms with van der Waals surface area (Å²) < 4.78 is 18.6. The van der Waals surface area contributed by atoms with Crippen molar-refractivity contribution in [3.05, 3.63) is 34.6 Å². The average molecular weight is 272 g/mol. The highest BCUT2D eigenvalue weighted by molar-refractivity contribution is 6.31. The summed E-state index contributed by atoms with van der Waals surface area (Å²) in [6, 6.07) is 4.91. The van der Waals surface area contributed by atoms with Gasteiger partial charge < -0.3 is 10.1 Å². The van der Waals surface area contributed by atoms with Gasteiger partial charge in [-0.05, 0) is 44.5 Å². The van der Waals surface area contributed by atoms with Gasteiger partial charge in [-0.1, -0.05) is 17.7 Å². The summed E-state index contributed by atoms with van der Waals surface area (Å²) in [6.45, 7) is 2.93. The van der Waals surface area contributed by atoms with E-state index in [1.54, 1.807) is 6.07 Å². The first-order valence-corrected chi connectivity index (χ1v) is 6.72. The maximum Gasteiger partial charge on any atom is 0.124 e. The standard InChI is InChI=1S/C14H19ClFNO/c1-9-12(5-6-18-9)14(17-2)7-10-3-4-11(16)8-13(10)15/h3-4,8-9,12,14,17H,5-7H2,1-2H3. The van der Waals surface area contributed by atoms with E-state index in [0.717, 1.165) is 25.0 Å². The van der Waals surface area contributed by atoms with E-state index in [1.165, 1.54) is 12.1 Å². The minimum atomic E-state index is -0.290. The number of halogens is 2. The van der Waals surface area contributed by atoms with Crippen LogP contribution in [0.5, 0.6) is 0 Å². The van der Waals surface area contributed by atoms with Crippen LogP contribution in [0.4, 0.5) is 4.39 Å². The second kappa shape index (κ2) is 6.00. The zero-order valence-electron chi connectivity index (χ0n) is 10.7. The molecule has 0 saturated carbocycles. The number of hydrogen-bond donors (Lipinski definition) is 1. The van der Waals surface area contributed by atoms with Gasteiger partial charge in [0, 0.05) is 23.6 Å². The maximum atomic E-state index is 13.0. The lowest BCUT2D eigenvalue weighted by Gasteiger charge is -2.25. The van der Waals surface area contributed by atoms with E-state index in [4.69, 9.17) is 16.3 Å². The number of hydrogen-bond acceptors (Lipinski definition) is 2. The largest absolute Gasteiger partial charge is 0.378 e. The molecule has 1 saturated heterocycles. The Hall–Kier alpha value is -0.640. The zero-order valence-corrected chi connectivity index (χ0v) is 11.5. The predicted molar refractivity (Wildman–Crippen MR) is 71.5 cm³/mol. The summed E-state index contributed by atoms with van der Waals surface area (Å²) in [5.74, 6) is 0.193. The van der Waals surface area contributed by atoms with Gasteiger partial charge in [-0.15, -0.1) is 0 Å². The lowest BCUT2D eigenvalue weighted by atomic mass is 9.89. The van der Waals surface area contributed by atoms with Gasteiger partial charge in [-0.2, -0.15) is 0 Å². The Balaban J connectivity index is 2.10. The molecule has 1 aliphatic heterocycles. The normalized spacial score (nSPS) is 25.3. The van der Waals surface area contributed by atoms with Crippen molar-refractivity contribution in [2.75, 3.05) is 13.7 Å². The predicted octanol–water partition coefficient (Wildman–Crippen LogP) is 3.03. The summed E-state index contributed by atoms with van der Waals surface area (Å²) in [5, 5.41) is 3.83. The Morgan fingerprint density at radius 3 is 2.89 bits per heavy atom. The number of rotatable bonds is 4. The Bertz CT molecular complexity index is 413. The van der Waals surface area contributed by atoms with Gasteiger partial charge in [-0.3, -0.25) is 0 Å². The summed E-state index contributed by atoms with van der Waals surface area (Å²) in [5.41, 5.74) is 0.983. The fourth-order valence-corrected chi connectivity index (χ4v) is 2.91. The molecule has 0 spiro atoms. The monoisotopic (exact) mass is 271 g/mol. The fraction of sp³-hybridized carbons (Fsp3) is 0.571. The molecule has 1 aromatic carbocycles. The third-order valence-electron chi connectivity index (χ3n) is 3.78. The molecule has 0 amide bonds. The third-order valence-corrected chi connectivity index (χ3v) is 4.13. The molecule has 0 radical (unpaired) electrons. The highest BCUT2D eigenvalue weighted by Crippen LogP contribution is 2.27. The smallest absolute Gasteiger partial charge is 0.124 e. The SMILES string of the molecule is CNC(Cc1ccc(F)cc1Cl)C1CCOC1C. The van der Waals surface area contributed by atoms with Crippen molar-refractivity contribution < 1.29 is 9.13 Å². The van der Waals surface area contributed by atoms with Gasteiger partial charge >= 0.3 is 0 Å². The van der Waals surface area contributed by atoms with Gasteiger partial charge in [0.25, 0.3) is 0 Å². The van der Waals surface area contributed by atoms with E-state index in [1.807, 2.05) is 7.05 Å². The Kier molecular flexibility index (Phi) is 4.60. The van der Waals surface area contributed by atoms with Crippen LogP contribution in [0.2, 0.25) is 5.02 Å². The molecule has 0 bridgehead atoms. The third kappa shape index (κ3) is 3.02. The van der Waals surface area contributed by atoms with Crippen molar-refractivity contribution in [3.8, 4) is 0 Å². The number of ether oxygens (including phenoxy) is 1. The molecule has 1 heterocycles. The Labute approximate surface area is 112 Å². The molecule has 1 N–H and O–H groups in total. The molecule has 2 nitrogen and oxygen atoms in total. The van der Waals surface area contributed by atoms with Crippen molar-refractivity contribution in [3.63, 3.8) is 0 Å². The lowest BCUT2D eigenvalue weighted by Crippen LogP contribution is -2.38. The molecular formula is C14H19ClFNO. The quantitative estimate of drug-likeness (QED) is 0.909. The van der Waals surface area contributed by atoms with Crippen LogP contribution in [0, 0.1) is 11.7 Å². The average Bonchev–Trinajstić information content (AvgIpc) is 2.75. The van der Waals surface area contributed by atoms with Crippen molar-refractivity contribution >= 4 is 11.6 Å². The van der Waals surface area contributed by atoms with Crippen LogP contribution in [-0.4, -0.2) is 25.8 Å². The lowest BCUT2D eigenvalue weighted by molar-refractivity contribution is 0.0963. The molecule has 1 aromatic rings. The highest BCUT2D eigenvalue weighted by Gasteiger charge is 2.31. The second-order valence-electron chi connectivity index (χ2n) is 4.86. The van der Waals surface area contributed by atoms with Gasteiger partial charge in [0.05, 0.1) is 6.10 Å². The molecule has 1 fully saturated rings. The minimum absolute atomic E-state index is 0.265. The van der Waals surface area contributed by atoms with E-state index in [9.17, 15) is 4.39 Å². The van der Waals surface area contributed by atoms with Crippen molar-refractivity contribution in [2.24, 2.45) is 5.92 Å². The molecule has 100 valence electrons. The summed E-state index contributed by atoms with van der Waals surface area (Å²) in [7, 11) is 1.95. The molecule has 0 aliphatic carbocycles. The first-order chi connectivity index (χ1) is 8.61. The van der Waals surface area contributed by atoms with E-state index in [-0.39, 0.29) is 11.9 Å². The first-order valence-electron chi connectivity index (χ1n) is 6.34. The van der Waals surface area contributed by atoms with E-state index in [0.29, 0.717) is 17.0 Å². The summed E-state index contributed by atoms with van der Waals surface area (Å²) in [6.07, 6.45) is 2.13.